The largest absolute Gasteiger partial charge is 0.364 e. The molecular formula is C22H32N6. The molecule has 2 aromatic rings. The van der Waals surface area contributed by atoms with E-state index in [1.807, 2.05) is 18.8 Å². The van der Waals surface area contributed by atoms with Gasteiger partial charge in [0.05, 0.1) is 5.69 Å². The second-order valence-electron chi connectivity index (χ2n) is 7.67. The van der Waals surface area contributed by atoms with Crippen molar-refractivity contribution in [2.24, 2.45) is 12.0 Å². The van der Waals surface area contributed by atoms with Gasteiger partial charge in [-0.2, -0.15) is 5.10 Å². The predicted molar refractivity (Wildman–Crippen MR) is 117 cm³/mol. The van der Waals surface area contributed by atoms with Gasteiger partial charge in [0.15, 0.2) is 5.96 Å². The molecular weight excluding hydrogens is 348 g/mol. The van der Waals surface area contributed by atoms with Gasteiger partial charge in [-0.25, -0.2) is 0 Å². The van der Waals surface area contributed by atoms with Crippen LogP contribution in [-0.4, -0.2) is 47.8 Å². The average molecular weight is 381 g/mol. The van der Waals surface area contributed by atoms with Crippen LogP contribution in [0.1, 0.15) is 36.6 Å². The zero-order valence-electron chi connectivity index (χ0n) is 17.7. The minimum atomic E-state index is 0.405. The highest BCUT2D eigenvalue weighted by Crippen LogP contribution is 2.20. The minimum Gasteiger partial charge on any atom is -0.364 e. The Morgan fingerprint density at radius 2 is 2.04 bits per heavy atom. The van der Waals surface area contributed by atoms with Gasteiger partial charge in [-0.15, -0.1) is 0 Å². The fourth-order valence-electron chi connectivity index (χ4n) is 3.61. The van der Waals surface area contributed by atoms with Gasteiger partial charge in [0.2, 0.25) is 0 Å². The van der Waals surface area contributed by atoms with Crippen LogP contribution in [0.2, 0.25) is 0 Å². The average Bonchev–Trinajstić information content (AvgIpc) is 3.32. The first-order valence-electron chi connectivity index (χ1n) is 9.91. The Morgan fingerprint density at radius 1 is 1.29 bits per heavy atom. The van der Waals surface area contributed by atoms with E-state index < -0.39 is 0 Å². The summed E-state index contributed by atoms with van der Waals surface area (Å²) < 4.78 is 1.90. The van der Waals surface area contributed by atoms with E-state index in [9.17, 15) is 0 Å². The van der Waals surface area contributed by atoms with E-state index >= 15 is 0 Å². The van der Waals surface area contributed by atoms with E-state index in [2.05, 4.69) is 88.7 Å². The number of hydrogen-bond acceptors (Lipinski definition) is 3. The molecule has 0 atom stereocenters. The molecule has 0 radical (unpaired) electrons. The molecule has 0 fully saturated rings. The van der Waals surface area contributed by atoms with E-state index in [-0.39, 0.29) is 0 Å². The summed E-state index contributed by atoms with van der Waals surface area (Å²) in [6, 6.07) is 8.71. The summed E-state index contributed by atoms with van der Waals surface area (Å²) in [5, 5.41) is 8.10. The summed E-state index contributed by atoms with van der Waals surface area (Å²) >= 11 is 0. The van der Waals surface area contributed by atoms with Gasteiger partial charge in [-0.05, 0) is 23.6 Å². The normalized spacial score (nSPS) is 14.2. The lowest BCUT2D eigenvalue weighted by atomic mass is 10.1. The summed E-state index contributed by atoms with van der Waals surface area (Å²) in [5.41, 5.74) is 4.91. The molecule has 0 saturated heterocycles. The number of aryl methyl sites for hydroxylation is 1. The van der Waals surface area contributed by atoms with Gasteiger partial charge >= 0.3 is 0 Å². The molecule has 0 amide bonds. The number of aromatic nitrogens is 2. The third-order valence-corrected chi connectivity index (χ3v) is 5.01. The highest BCUT2D eigenvalue weighted by molar-refractivity contribution is 5.79. The molecule has 28 heavy (non-hydrogen) atoms. The lowest BCUT2D eigenvalue weighted by Crippen LogP contribution is -2.38. The summed E-state index contributed by atoms with van der Waals surface area (Å²) in [4.78, 5) is 8.98. The van der Waals surface area contributed by atoms with Crippen LogP contribution in [0, 0.1) is 0 Å². The quantitative estimate of drug-likeness (QED) is 0.475. The Morgan fingerprint density at radius 3 is 2.71 bits per heavy atom. The van der Waals surface area contributed by atoms with Crippen LogP contribution in [0.3, 0.4) is 0 Å². The number of benzene rings is 1. The first-order chi connectivity index (χ1) is 13.5. The predicted octanol–water partition coefficient (Wildman–Crippen LogP) is 3.13. The highest BCUT2D eigenvalue weighted by atomic mass is 15.3. The maximum absolute atomic E-state index is 4.61. The Balaban J connectivity index is 1.62. The molecule has 0 saturated carbocycles. The maximum Gasteiger partial charge on any atom is 0.193 e. The van der Waals surface area contributed by atoms with E-state index in [0.29, 0.717) is 5.92 Å². The third kappa shape index (κ3) is 4.74. The number of nitrogens with one attached hydrogen (secondary N) is 1. The fourth-order valence-corrected chi connectivity index (χ4v) is 3.61. The minimum absolute atomic E-state index is 0.405. The molecule has 1 aliphatic rings. The molecule has 6 nitrogen and oxygen atoms in total. The van der Waals surface area contributed by atoms with Crippen LogP contribution in [0.4, 0.5) is 5.69 Å². The third-order valence-electron chi connectivity index (χ3n) is 5.01. The highest BCUT2D eigenvalue weighted by Gasteiger charge is 2.15. The van der Waals surface area contributed by atoms with Crippen molar-refractivity contribution in [1.82, 2.24) is 20.0 Å². The van der Waals surface area contributed by atoms with Crippen molar-refractivity contribution in [3.8, 4) is 0 Å². The van der Waals surface area contributed by atoms with E-state index in [1.54, 1.807) is 0 Å². The van der Waals surface area contributed by atoms with E-state index in [0.717, 1.165) is 37.8 Å². The van der Waals surface area contributed by atoms with Crippen molar-refractivity contribution in [3.63, 3.8) is 0 Å². The molecule has 0 spiro atoms. The second-order valence-corrected chi connectivity index (χ2v) is 7.67. The molecule has 2 heterocycles. The van der Waals surface area contributed by atoms with Gasteiger partial charge in [0, 0.05) is 64.8 Å². The molecule has 0 aliphatic carbocycles. The van der Waals surface area contributed by atoms with Crippen molar-refractivity contribution in [2.75, 3.05) is 32.1 Å². The van der Waals surface area contributed by atoms with Crippen LogP contribution in [0.15, 0.2) is 47.6 Å². The van der Waals surface area contributed by atoms with Crippen molar-refractivity contribution in [2.45, 2.75) is 32.9 Å². The number of nitrogens with zero attached hydrogens (tertiary/aromatic N) is 5. The fraction of sp³-hybridized carbons (Fsp3) is 0.455. The summed E-state index contributed by atoms with van der Waals surface area (Å²) in [7, 11) is 5.88. The van der Waals surface area contributed by atoms with Gasteiger partial charge in [-0.3, -0.25) is 9.67 Å². The molecule has 1 aromatic carbocycles. The van der Waals surface area contributed by atoms with E-state index in [4.69, 9.17) is 0 Å². The first-order valence-corrected chi connectivity index (χ1v) is 9.91. The molecule has 0 bridgehead atoms. The lowest BCUT2D eigenvalue weighted by molar-refractivity contribution is 0.473. The molecule has 1 aromatic heterocycles. The zero-order chi connectivity index (χ0) is 20.1. The van der Waals surface area contributed by atoms with Crippen molar-refractivity contribution >= 4 is 11.6 Å². The number of rotatable bonds is 6. The summed E-state index contributed by atoms with van der Waals surface area (Å²) in [6.45, 7) is 7.87. The summed E-state index contributed by atoms with van der Waals surface area (Å²) in [5.74, 6) is 1.29. The number of aliphatic imine (C=N–C) groups is 1. The van der Waals surface area contributed by atoms with Crippen LogP contribution >= 0.6 is 0 Å². The molecule has 6 heteroatoms. The van der Waals surface area contributed by atoms with Crippen LogP contribution in [-0.2, 0) is 20.1 Å². The molecule has 3 rings (SSSR count). The molecule has 1 N–H and O–H groups in total. The second kappa shape index (κ2) is 8.95. The van der Waals surface area contributed by atoms with Crippen LogP contribution in [0.5, 0.6) is 0 Å². The van der Waals surface area contributed by atoms with Crippen molar-refractivity contribution in [3.05, 3.63) is 59.4 Å². The van der Waals surface area contributed by atoms with Crippen LogP contribution < -0.4 is 10.2 Å². The molecule has 0 unspecified atom stereocenters. The Bertz CT molecular complexity index is 840. The maximum atomic E-state index is 4.61. The van der Waals surface area contributed by atoms with Crippen molar-refractivity contribution < 1.29 is 0 Å². The van der Waals surface area contributed by atoms with Gasteiger partial charge < -0.3 is 15.1 Å². The molecule has 150 valence electrons. The van der Waals surface area contributed by atoms with Gasteiger partial charge in [0.1, 0.15) is 0 Å². The topological polar surface area (TPSA) is 48.7 Å². The standard InChI is InChI=1S/C22H32N6/c1-17(2)21-19(16-27(5)25-21)15-26(4)22(23-3)24-14-18-9-8-10-20(13-18)28-11-6-7-12-28/h6-10,13,16-17H,11-12,14-15H2,1-5H3,(H,23,24). The molecule has 1 aliphatic heterocycles. The van der Waals surface area contributed by atoms with E-state index in [1.165, 1.54) is 16.8 Å². The SMILES string of the molecule is CN=C(NCc1cccc(N2CC=CC2)c1)N(C)Cc1cn(C)nc1C(C)C. The Hall–Kier alpha value is -2.76. The number of hydrogen-bond donors (Lipinski definition) is 1. The monoisotopic (exact) mass is 380 g/mol. The number of guanidine groups is 1. The van der Waals surface area contributed by atoms with Gasteiger partial charge in [0.25, 0.3) is 0 Å². The Kier molecular flexibility index (Phi) is 6.39. The van der Waals surface area contributed by atoms with Crippen LogP contribution in [0.25, 0.3) is 0 Å². The Labute approximate surface area is 168 Å². The smallest absolute Gasteiger partial charge is 0.193 e. The van der Waals surface area contributed by atoms with Gasteiger partial charge in [-0.1, -0.05) is 38.1 Å². The lowest BCUT2D eigenvalue weighted by Gasteiger charge is -2.23. The number of anilines is 1. The first kappa shape index (κ1) is 20.0. The van der Waals surface area contributed by atoms with Crippen molar-refractivity contribution in [1.29, 1.82) is 0 Å². The zero-order valence-corrected chi connectivity index (χ0v) is 17.7. The summed E-state index contributed by atoms with van der Waals surface area (Å²) in [6.07, 6.45) is 6.53.